The fourth-order valence-corrected chi connectivity index (χ4v) is 3.37. The van der Waals surface area contributed by atoms with Crippen molar-refractivity contribution in [1.82, 2.24) is 4.90 Å². The smallest absolute Gasteiger partial charge is 0.292 e. The van der Waals surface area contributed by atoms with E-state index in [1.807, 2.05) is 30.5 Å². The summed E-state index contributed by atoms with van der Waals surface area (Å²) < 4.78 is 0. The van der Waals surface area contributed by atoms with Crippen LogP contribution in [0.15, 0.2) is 18.2 Å². The topological polar surface area (TPSA) is 75.5 Å². The first-order valence-corrected chi connectivity index (χ1v) is 8.11. The summed E-state index contributed by atoms with van der Waals surface area (Å²) >= 11 is 1.84. The monoisotopic (exact) mass is 309 g/mol. The highest BCUT2D eigenvalue weighted by Crippen LogP contribution is 2.27. The van der Waals surface area contributed by atoms with E-state index >= 15 is 0 Å². The van der Waals surface area contributed by atoms with E-state index < -0.39 is 4.92 Å². The molecule has 6 nitrogen and oxygen atoms in total. The second-order valence-electron chi connectivity index (χ2n) is 4.94. The van der Waals surface area contributed by atoms with Crippen LogP contribution in [0, 0.1) is 10.1 Å². The van der Waals surface area contributed by atoms with Crippen molar-refractivity contribution >= 4 is 29.0 Å². The predicted octanol–water partition coefficient (Wildman–Crippen LogP) is 2.60. The number of thioether (sulfide) groups is 1. The quantitative estimate of drug-likeness (QED) is 0.683. The van der Waals surface area contributed by atoms with Gasteiger partial charge in [0.1, 0.15) is 5.69 Å². The Kier molecular flexibility index (Phi) is 5.06. The molecule has 1 saturated heterocycles. The molecule has 1 aliphatic heterocycles. The minimum absolute atomic E-state index is 0.00403. The molecule has 0 radical (unpaired) electrons. The van der Waals surface area contributed by atoms with Crippen LogP contribution in [0.3, 0.4) is 0 Å². The van der Waals surface area contributed by atoms with Crippen LogP contribution in [0.1, 0.15) is 24.2 Å². The zero-order valence-corrected chi connectivity index (χ0v) is 13.0. The van der Waals surface area contributed by atoms with Gasteiger partial charge in [0.25, 0.3) is 11.6 Å². The Morgan fingerprint density at radius 2 is 2.33 bits per heavy atom. The Morgan fingerprint density at radius 3 is 2.95 bits per heavy atom. The fraction of sp³-hybridized carbons (Fsp3) is 0.500. The Bertz CT molecular complexity index is 550. The van der Waals surface area contributed by atoms with E-state index in [9.17, 15) is 14.9 Å². The lowest BCUT2D eigenvalue weighted by Gasteiger charge is -2.33. The summed E-state index contributed by atoms with van der Waals surface area (Å²) in [6, 6.07) is 4.71. The second-order valence-corrected chi connectivity index (χ2v) is 6.09. The number of nitro benzene ring substituents is 1. The van der Waals surface area contributed by atoms with Gasteiger partial charge in [-0.3, -0.25) is 14.9 Å². The van der Waals surface area contributed by atoms with Crippen LogP contribution in [0.4, 0.5) is 11.4 Å². The van der Waals surface area contributed by atoms with Gasteiger partial charge in [0, 0.05) is 42.3 Å². The molecule has 1 unspecified atom stereocenters. The van der Waals surface area contributed by atoms with E-state index in [0.717, 1.165) is 18.1 Å². The molecule has 0 aromatic heterocycles. The van der Waals surface area contributed by atoms with Gasteiger partial charge < -0.3 is 10.2 Å². The minimum atomic E-state index is -0.438. The largest absolute Gasteiger partial charge is 0.380 e. The molecule has 1 aromatic carbocycles. The third-order valence-corrected chi connectivity index (χ3v) is 4.63. The molecular formula is C14H19N3O3S. The number of benzene rings is 1. The van der Waals surface area contributed by atoms with Gasteiger partial charge in [-0.25, -0.2) is 0 Å². The predicted molar refractivity (Wildman–Crippen MR) is 85.1 cm³/mol. The van der Waals surface area contributed by atoms with Crippen molar-refractivity contribution in [2.45, 2.75) is 19.9 Å². The van der Waals surface area contributed by atoms with Crippen molar-refractivity contribution < 1.29 is 9.72 Å². The molecule has 21 heavy (non-hydrogen) atoms. The summed E-state index contributed by atoms with van der Waals surface area (Å²) in [6.07, 6.45) is 0. The van der Waals surface area contributed by atoms with Gasteiger partial charge in [-0.2, -0.15) is 11.8 Å². The van der Waals surface area contributed by atoms with Crippen molar-refractivity contribution in [2.24, 2.45) is 0 Å². The molecule has 0 saturated carbocycles. The number of carbonyl (C=O) groups excluding carboxylic acids is 1. The molecule has 1 N–H and O–H groups in total. The summed E-state index contributed by atoms with van der Waals surface area (Å²) in [7, 11) is 0. The third kappa shape index (κ3) is 3.47. The van der Waals surface area contributed by atoms with Crippen molar-refractivity contribution in [3.8, 4) is 0 Å². The van der Waals surface area contributed by atoms with Gasteiger partial charge in [-0.15, -0.1) is 0 Å². The van der Waals surface area contributed by atoms with Gasteiger partial charge in [0.15, 0.2) is 0 Å². The molecule has 2 rings (SSSR count). The van der Waals surface area contributed by atoms with Gasteiger partial charge in [0.2, 0.25) is 0 Å². The first-order chi connectivity index (χ1) is 10.0. The van der Waals surface area contributed by atoms with E-state index in [2.05, 4.69) is 5.32 Å². The third-order valence-electron chi connectivity index (χ3n) is 3.44. The number of rotatable bonds is 4. The summed E-state index contributed by atoms with van der Waals surface area (Å²) in [4.78, 5) is 25.0. The van der Waals surface area contributed by atoms with Crippen LogP contribution >= 0.6 is 11.8 Å². The highest BCUT2D eigenvalue weighted by molar-refractivity contribution is 7.99. The average molecular weight is 309 g/mol. The lowest BCUT2D eigenvalue weighted by Crippen LogP contribution is -2.44. The first kappa shape index (κ1) is 15.6. The Labute approximate surface area is 128 Å². The number of hydrogen-bond acceptors (Lipinski definition) is 5. The number of amides is 1. The molecule has 0 bridgehead atoms. The van der Waals surface area contributed by atoms with Crippen LogP contribution in [-0.4, -0.2) is 46.4 Å². The van der Waals surface area contributed by atoms with Crippen LogP contribution in [-0.2, 0) is 0 Å². The zero-order valence-electron chi connectivity index (χ0n) is 12.2. The van der Waals surface area contributed by atoms with Crippen LogP contribution in [0.25, 0.3) is 0 Å². The summed E-state index contributed by atoms with van der Waals surface area (Å²) in [6.45, 7) is 5.18. The molecule has 1 heterocycles. The molecule has 1 aromatic rings. The average Bonchev–Trinajstić information content (AvgIpc) is 2.47. The lowest BCUT2D eigenvalue weighted by molar-refractivity contribution is -0.384. The molecule has 1 aliphatic rings. The normalized spacial score (nSPS) is 18.4. The Hall–Kier alpha value is -1.76. The van der Waals surface area contributed by atoms with Crippen molar-refractivity contribution in [3.05, 3.63) is 33.9 Å². The Balaban J connectivity index is 2.28. The molecular weight excluding hydrogens is 290 g/mol. The van der Waals surface area contributed by atoms with E-state index in [1.165, 1.54) is 12.1 Å². The van der Waals surface area contributed by atoms with Crippen LogP contribution in [0.5, 0.6) is 0 Å². The maximum Gasteiger partial charge on any atom is 0.292 e. The summed E-state index contributed by atoms with van der Waals surface area (Å²) in [5.41, 5.74) is 0.887. The molecule has 0 spiro atoms. The summed E-state index contributed by atoms with van der Waals surface area (Å²) in [5, 5.41) is 13.9. The molecule has 7 heteroatoms. The number of carbonyl (C=O) groups is 1. The second kappa shape index (κ2) is 6.80. The fourth-order valence-electron chi connectivity index (χ4n) is 2.36. The van der Waals surface area contributed by atoms with Crippen LogP contribution < -0.4 is 5.32 Å². The maximum absolute atomic E-state index is 12.6. The molecule has 0 aliphatic carbocycles. The standard InChI is InChI=1S/C14H19N3O3S/c1-3-15-12-8-11(4-5-13(12)17(19)20)14(18)16-6-7-21-9-10(16)2/h4-5,8,10,15H,3,6-7,9H2,1-2H3. The van der Waals surface area contributed by atoms with E-state index in [-0.39, 0.29) is 17.6 Å². The van der Waals surface area contributed by atoms with E-state index in [1.54, 1.807) is 6.07 Å². The summed E-state index contributed by atoms with van der Waals surface area (Å²) in [5.74, 6) is 1.80. The molecule has 1 fully saturated rings. The Morgan fingerprint density at radius 1 is 1.57 bits per heavy atom. The number of nitro groups is 1. The SMILES string of the molecule is CCNc1cc(C(=O)N2CCSCC2C)ccc1[N+](=O)[O-]. The van der Waals surface area contributed by atoms with Crippen LogP contribution in [0.2, 0.25) is 0 Å². The number of nitrogens with zero attached hydrogens (tertiary/aromatic N) is 2. The van der Waals surface area contributed by atoms with Gasteiger partial charge >= 0.3 is 0 Å². The van der Waals surface area contributed by atoms with Gasteiger partial charge in [0.05, 0.1) is 4.92 Å². The number of nitrogens with one attached hydrogen (secondary N) is 1. The minimum Gasteiger partial charge on any atom is -0.380 e. The first-order valence-electron chi connectivity index (χ1n) is 6.95. The van der Waals surface area contributed by atoms with Crippen molar-refractivity contribution in [2.75, 3.05) is 29.9 Å². The maximum atomic E-state index is 12.6. The lowest BCUT2D eigenvalue weighted by atomic mass is 10.1. The molecule has 1 amide bonds. The van der Waals surface area contributed by atoms with E-state index in [4.69, 9.17) is 0 Å². The number of anilines is 1. The zero-order chi connectivity index (χ0) is 15.4. The van der Waals surface area contributed by atoms with E-state index in [0.29, 0.717) is 17.8 Å². The highest BCUT2D eigenvalue weighted by atomic mass is 32.2. The van der Waals surface area contributed by atoms with Gasteiger partial charge in [-0.05, 0) is 26.0 Å². The number of hydrogen-bond donors (Lipinski definition) is 1. The van der Waals surface area contributed by atoms with Crippen molar-refractivity contribution in [3.63, 3.8) is 0 Å². The molecule has 114 valence electrons. The highest BCUT2D eigenvalue weighted by Gasteiger charge is 2.26. The van der Waals surface area contributed by atoms with Gasteiger partial charge in [-0.1, -0.05) is 0 Å². The molecule has 1 atom stereocenters. The van der Waals surface area contributed by atoms with Crippen molar-refractivity contribution in [1.29, 1.82) is 0 Å².